The van der Waals surface area contributed by atoms with E-state index < -0.39 is 0 Å². The minimum atomic E-state index is -0.104. The van der Waals surface area contributed by atoms with E-state index in [-0.39, 0.29) is 24.8 Å². The quantitative estimate of drug-likeness (QED) is 0.758. The standard InChI is InChI=1S/C18H22ClN3O3/c1-4-22(12-18(24)21(2)3)17(23)10-9-16-20-11-15(25-16)13-7-5-6-8-14(13)19/h5-8,11H,4,9-10,12H2,1-3H3. The molecule has 1 aromatic heterocycles. The number of aryl methyl sites for hydroxylation is 1. The molecule has 0 radical (unpaired) electrons. The summed E-state index contributed by atoms with van der Waals surface area (Å²) in [6.07, 6.45) is 2.21. The molecule has 7 heteroatoms. The third-order valence-electron chi connectivity index (χ3n) is 3.80. The molecule has 0 spiro atoms. The van der Waals surface area contributed by atoms with E-state index in [1.54, 1.807) is 26.4 Å². The average Bonchev–Trinajstić information content (AvgIpc) is 3.06. The number of likely N-dealkylation sites (N-methyl/N-ethyl adjacent to an activating group) is 2. The molecule has 2 aromatic rings. The monoisotopic (exact) mass is 363 g/mol. The van der Waals surface area contributed by atoms with Crippen molar-refractivity contribution >= 4 is 23.4 Å². The summed E-state index contributed by atoms with van der Waals surface area (Å²) in [6, 6.07) is 7.34. The molecule has 25 heavy (non-hydrogen) atoms. The minimum Gasteiger partial charge on any atom is -0.441 e. The van der Waals surface area contributed by atoms with Crippen LogP contribution in [0.2, 0.25) is 5.02 Å². The average molecular weight is 364 g/mol. The third kappa shape index (κ3) is 5.06. The largest absolute Gasteiger partial charge is 0.441 e. The fourth-order valence-corrected chi connectivity index (χ4v) is 2.49. The number of hydrogen-bond acceptors (Lipinski definition) is 4. The molecule has 0 fully saturated rings. The third-order valence-corrected chi connectivity index (χ3v) is 4.13. The number of hydrogen-bond donors (Lipinski definition) is 0. The number of aromatic nitrogens is 1. The van der Waals surface area contributed by atoms with Crippen LogP contribution in [-0.2, 0) is 16.0 Å². The molecule has 0 aliphatic carbocycles. The normalized spacial score (nSPS) is 10.6. The van der Waals surface area contributed by atoms with Gasteiger partial charge in [0.2, 0.25) is 11.8 Å². The topological polar surface area (TPSA) is 66.7 Å². The molecule has 1 aromatic carbocycles. The zero-order valence-electron chi connectivity index (χ0n) is 14.7. The summed E-state index contributed by atoms with van der Waals surface area (Å²) >= 11 is 6.15. The Morgan fingerprint density at radius 2 is 1.92 bits per heavy atom. The molecular weight excluding hydrogens is 342 g/mol. The van der Waals surface area contributed by atoms with Crippen LogP contribution in [0.5, 0.6) is 0 Å². The summed E-state index contributed by atoms with van der Waals surface area (Å²) in [6.45, 7) is 2.41. The summed E-state index contributed by atoms with van der Waals surface area (Å²) < 4.78 is 5.69. The maximum Gasteiger partial charge on any atom is 0.241 e. The molecule has 2 rings (SSSR count). The van der Waals surface area contributed by atoms with Gasteiger partial charge in [-0.2, -0.15) is 0 Å². The fourth-order valence-electron chi connectivity index (χ4n) is 2.26. The van der Waals surface area contributed by atoms with Gasteiger partial charge in [-0.05, 0) is 19.1 Å². The van der Waals surface area contributed by atoms with Gasteiger partial charge >= 0.3 is 0 Å². The van der Waals surface area contributed by atoms with E-state index in [4.69, 9.17) is 16.0 Å². The van der Waals surface area contributed by atoms with Gasteiger partial charge in [0.05, 0.1) is 17.8 Å². The second kappa shape index (κ2) is 8.67. The van der Waals surface area contributed by atoms with Crippen molar-refractivity contribution in [3.8, 4) is 11.3 Å². The van der Waals surface area contributed by atoms with Crippen molar-refractivity contribution in [3.05, 3.63) is 41.4 Å². The summed E-state index contributed by atoms with van der Waals surface area (Å²) in [7, 11) is 3.34. The van der Waals surface area contributed by atoms with E-state index >= 15 is 0 Å². The smallest absolute Gasteiger partial charge is 0.241 e. The van der Waals surface area contributed by atoms with Gasteiger partial charge in [-0.15, -0.1) is 0 Å². The summed E-state index contributed by atoms with van der Waals surface area (Å²) in [5.41, 5.74) is 0.765. The Morgan fingerprint density at radius 3 is 2.56 bits per heavy atom. The van der Waals surface area contributed by atoms with Crippen LogP contribution < -0.4 is 0 Å². The molecule has 0 aliphatic heterocycles. The van der Waals surface area contributed by atoms with Gasteiger partial charge in [0.15, 0.2) is 11.7 Å². The highest BCUT2D eigenvalue weighted by Crippen LogP contribution is 2.28. The Balaban J connectivity index is 1.96. The summed E-state index contributed by atoms with van der Waals surface area (Å²) in [5, 5.41) is 0.584. The number of carbonyl (C=O) groups excluding carboxylic acids is 2. The van der Waals surface area contributed by atoms with Gasteiger partial charge in [-0.25, -0.2) is 4.98 Å². The maximum atomic E-state index is 12.3. The number of amides is 2. The molecule has 134 valence electrons. The fraction of sp³-hybridized carbons (Fsp3) is 0.389. The lowest BCUT2D eigenvalue weighted by Gasteiger charge is -2.22. The van der Waals surface area contributed by atoms with Crippen LogP contribution in [0.15, 0.2) is 34.9 Å². The van der Waals surface area contributed by atoms with Crippen molar-refractivity contribution in [2.45, 2.75) is 19.8 Å². The van der Waals surface area contributed by atoms with Gasteiger partial charge < -0.3 is 14.2 Å². The van der Waals surface area contributed by atoms with Crippen LogP contribution in [0.4, 0.5) is 0 Å². The lowest BCUT2D eigenvalue weighted by atomic mass is 10.2. The van der Waals surface area contributed by atoms with E-state index in [2.05, 4.69) is 4.98 Å². The Morgan fingerprint density at radius 1 is 1.20 bits per heavy atom. The van der Waals surface area contributed by atoms with Gasteiger partial charge in [0, 0.05) is 39.0 Å². The van der Waals surface area contributed by atoms with E-state index in [1.807, 2.05) is 25.1 Å². The summed E-state index contributed by atoms with van der Waals surface area (Å²) in [4.78, 5) is 31.3. The van der Waals surface area contributed by atoms with Crippen molar-refractivity contribution in [2.75, 3.05) is 27.2 Å². The van der Waals surface area contributed by atoms with Crippen molar-refractivity contribution in [1.82, 2.24) is 14.8 Å². The van der Waals surface area contributed by atoms with Crippen LogP contribution in [0.3, 0.4) is 0 Å². The number of carbonyl (C=O) groups is 2. The summed E-state index contributed by atoms with van der Waals surface area (Å²) in [5.74, 6) is 0.837. The van der Waals surface area contributed by atoms with Crippen LogP contribution in [0.1, 0.15) is 19.2 Å². The number of oxazole rings is 1. The first-order valence-electron chi connectivity index (χ1n) is 8.10. The van der Waals surface area contributed by atoms with E-state index in [1.165, 1.54) is 9.80 Å². The van der Waals surface area contributed by atoms with Gasteiger partial charge in [0.25, 0.3) is 0 Å². The number of nitrogens with zero attached hydrogens (tertiary/aromatic N) is 3. The van der Waals surface area contributed by atoms with E-state index in [9.17, 15) is 9.59 Å². The number of halogens is 1. The van der Waals surface area contributed by atoms with Crippen LogP contribution in [0.25, 0.3) is 11.3 Å². The Hall–Kier alpha value is -2.34. The molecule has 0 saturated carbocycles. The van der Waals surface area contributed by atoms with Crippen molar-refractivity contribution in [3.63, 3.8) is 0 Å². The predicted octanol–water partition coefficient (Wildman–Crippen LogP) is 2.86. The lowest BCUT2D eigenvalue weighted by Crippen LogP contribution is -2.40. The molecule has 6 nitrogen and oxygen atoms in total. The zero-order chi connectivity index (χ0) is 18.4. The van der Waals surface area contributed by atoms with Crippen molar-refractivity contribution in [1.29, 1.82) is 0 Å². The Labute approximate surface area is 152 Å². The second-order valence-electron chi connectivity index (χ2n) is 5.79. The predicted molar refractivity (Wildman–Crippen MR) is 96.2 cm³/mol. The highest BCUT2D eigenvalue weighted by atomic mass is 35.5. The molecule has 0 aliphatic rings. The van der Waals surface area contributed by atoms with Gasteiger partial charge in [-0.1, -0.05) is 23.7 Å². The number of benzene rings is 1. The van der Waals surface area contributed by atoms with E-state index in [0.29, 0.717) is 29.6 Å². The molecule has 0 atom stereocenters. The molecule has 0 N–H and O–H groups in total. The van der Waals surface area contributed by atoms with Gasteiger partial charge in [0.1, 0.15) is 0 Å². The maximum absolute atomic E-state index is 12.3. The first-order chi connectivity index (χ1) is 11.9. The van der Waals surface area contributed by atoms with E-state index in [0.717, 1.165) is 5.56 Å². The minimum absolute atomic E-state index is 0.0821. The van der Waals surface area contributed by atoms with Crippen LogP contribution in [0, 0.1) is 0 Å². The van der Waals surface area contributed by atoms with Crippen LogP contribution >= 0.6 is 11.6 Å². The first-order valence-corrected chi connectivity index (χ1v) is 8.47. The molecule has 0 bridgehead atoms. The molecule has 0 unspecified atom stereocenters. The zero-order valence-corrected chi connectivity index (χ0v) is 15.4. The van der Waals surface area contributed by atoms with Gasteiger partial charge in [-0.3, -0.25) is 9.59 Å². The molecule has 2 amide bonds. The second-order valence-corrected chi connectivity index (χ2v) is 6.20. The molecule has 1 heterocycles. The first kappa shape index (κ1) is 19.0. The number of rotatable bonds is 7. The van der Waals surface area contributed by atoms with Crippen LogP contribution in [-0.4, -0.2) is 53.8 Å². The lowest BCUT2D eigenvalue weighted by molar-refractivity contribution is -0.139. The highest BCUT2D eigenvalue weighted by molar-refractivity contribution is 6.33. The molecule has 0 saturated heterocycles. The Bertz CT molecular complexity index is 743. The Kier molecular flexibility index (Phi) is 6.58. The highest BCUT2D eigenvalue weighted by Gasteiger charge is 2.18. The van der Waals surface area contributed by atoms with Crippen molar-refractivity contribution < 1.29 is 14.0 Å². The van der Waals surface area contributed by atoms with Crippen molar-refractivity contribution in [2.24, 2.45) is 0 Å². The SMILES string of the molecule is CCN(CC(=O)N(C)C)C(=O)CCc1ncc(-c2ccccc2Cl)o1. The molecular formula is C18H22ClN3O3.